The summed E-state index contributed by atoms with van der Waals surface area (Å²) in [6.45, 7) is 15.1. The largest absolute Gasteiger partial charge is 0.478 e. The molecule has 0 aliphatic rings. The first kappa shape index (κ1) is 15.4. The molecule has 1 N–H and O–H groups in total. The van der Waals surface area contributed by atoms with Crippen LogP contribution in [0.1, 0.15) is 48.5 Å². The monoisotopic (exact) mass is 242 g/mol. The van der Waals surface area contributed by atoms with E-state index in [1.807, 2.05) is 0 Å². The van der Waals surface area contributed by atoms with Crippen LogP contribution < -0.4 is 0 Å². The van der Waals surface area contributed by atoms with Gasteiger partial charge in [0.2, 0.25) is 0 Å². The van der Waals surface area contributed by atoms with Gasteiger partial charge in [-0.15, -0.1) is 0 Å². The number of carbonyl (C=O) groups is 1. The summed E-state index contributed by atoms with van der Waals surface area (Å²) in [6, 6.07) is 0. The van der Waals surface area contributed by atoms with Gasteiger partial charge in [-0.25, -0.2) is 4.79 Å². The van der Waals surface area contributed by atoms with Gasteiger partial charge in [-0.05, 0) is 23.5 Å². The molecule has 0 aliphatic carbocycles. The molecule has 0 fully saturated rings. The van der Waals surface area contributed by atoms with Gasteiger partial charge in [0.05, 0.1) is 8.07 Å². The highest BCUT2D eigenvalue weighted by atomic mass is 28.3. The lowest BCUT2D eigenvalue weighted by Gasteiger charge is -2.41. The fourth-order valence-electron chi connectivity index (χ4n) is 2.94. The Kier molecular flexibility index (Phi) is 5.46. The van der Waals surface area contributed by atoms with Crippen LogP contribution in [-0.4, -0.2) is 19.1 Å². The van der Waals surface area contributed by atoms with E-state index in [-0.39, 0.29) is 0 Å². The highest BCUT2D eigenvalue weighted by molar-refractivity contribution is 6.88. The Bertz CT molecular complexity index is 256. The lowest BCUT2D eigenvalue weighted by atomic mass is 10.4. The molecule has 0 saturated carbocycles. The van der Waals surface area contributed by atoms with Gasteiger partial charge in [0.1, 0.15) is 0 Å². The minimum atomic E-state index is -1.70. The van der Waals surface area contributed by atoms with Crippen molar-refractivity contribution in [2.75, 3.05) is 0 Å². The summed E-state index contributed by atoms with van der Waals surface area (Å²) in [5.74, 6) is -0.779. The third kappa shape index (κ3) is 2.97. The van der Waals surface area contributed by atoms with Crippen LogP contribution in [0.3, 0.4) is 0 Å². The van der Waals surface area contributed by atoms with Crippen molar-refractivity contribution in [2.24, 2.45) is 0 Å². The fraction of sp³-hybridized carbons (Fsp3) is 0.769. The van der Waals surface area contributed by atoms with Crippen molar-refractivity contribution < 1.29 is 9.90 Å². The highest BCUT2D eigenvalue weighted by Gasteiger charge is 2.41. The summed E-state index contributed by atoms with van der Waals surface area (Å²) >= 11 is 0. The molecular formula is C13H26O2Si. The molecular weight excluding hydrogens is 216 g/mol. The molecule has 0 radical (unpaired) electrons. The van der Waals surface area contributed by atoms with Crippen LogP contribution in [0.2, 0.25) is 16.6 Å². The normalized spacial score (nSPS) is 14.0. The van der Waals surface area contributed by atoms with Crippen LogP contribution in [0.25, 0.3) is 0 Å². The summed E-state index contributed by atoms with van der Waals surface area (Å²) in [6.07, 6.45) is 0. The van der Waals surface area contributed by atoms with E-state index < -0.39 is 14.0 Å². The molecule has 16 heavy (non-hydrogen) atoms. The van der Waals surface area contributed by atoms with Crippen molar-refractivity contribution >= 4 is 14.0 Å². The third-order valence-corrected chi connectivity index (χ3v) is 10.7. The Labute approximate surface area is 101 Å². The molecule has 0 saturated heterocycles. The zero-order valence-electron chi connectivity index (χ0n) is 11.7. The lowest BCUT2D eigenvalue weighted by molar-refractivity contribution is -0.132. The van der Waals surface area contributed by atoms with Gasteiger partial charge in [0.25, 0.3) is 0 Å². The molecule has 0 spiro atoms. The average Bonchev–Trinajstić information content (AvgIpc) is 2.11. The van der Waals surface area contributed by atoms with Crippen molar-refractivity contribution in [3.63, 3.8) is 0 Å². The molecule has 0 unspecified atom stereocenters. The zero-order valence-corrected chi connectivity index (χ0v) is 12.7. The molecule has 0 bridgehead atoms. The predicted octanol–water partition coefficient (Wildman–Crippen LogP) is 4.24. The quantitative estimate of drug-likeness (QED) is 0.578. The Balaban J connectivity index is 5.55. The van der Waals surface area contributed by atoms with Crippen LogP contribution in [0.15, 0.2) is 11.3 Å². The minimum Gasteiger partial charge on any atom is -0.478 e. The van der Waals surface area contributed by atoms with Crippen molar-refractivity contribution in [2.45, 2.75) is 65.1 Å². The van der Waals surface area contributed by atoms with Gasteiger partial charge < -0.3 is 5.11 Å². The van der Waals surface area contributed by atoms with E-state index in [2.05, 4.69) is 47.2 Å². The standard InChI is InChI=1S/C13H26O2Si/c1-9(2)16(10(3)4,11(5)6)8-12(7)13(14)15/h8-11H,1-7H3,(H,14,15)/b12-8+. The molecule has 3 heteroatoms. The maximum atomic E-state index is 11.0. The molecule has 0 aliphatic heterocycles. The maximum absolute atomic E-state index is 11.0. The highest BCUT2D eigenvalue weighted by Crippen LogP contribution is 2.42. The Hall–Kier alpha value is -0.573. The summed E-state index contributed by atoms with van der Waals surface area (Å²) < 4.78 is 0. The van der Waals surface area contributed by atoms with Gasteiger partial charge >= 0.3 is 5.97 Å². The number of carboxylic acids is 1. The second kappa shape index (κ2) is 5.67. The fourth-order valence-corrected chi connectivity index (χ4v) is 8.81. The predicted molar refractivity (Wildman–Crippen MR) is 72.4 cm³/mol. The van der Waals surface area contributed by atoms with Gasteiger partial charge in [0.15, 0.2) is 0 Å². The van der Waals surface area contributed by atoms with E-state index in [0.29, 0.717) is 22.2 Å². The first-order valence-corrected chi connectivity index (χ1v) is 8.39. The molecule has 0 rings (SSSR count). The van der Waals surface area contributed by atoms with Crippen molar-refractivity contribution in [1.82, 2.24) is 0 Å². The molecule has 2 nitrogen and oxygen atoms in total. The van der Waals surface area contributed by atoms with Gasteiger partial charge in [0, 0.05) is 5.57 Å². The number of rotatable bonds is 5. The molecule has 0 amide bonds. The summed E-state index contributed by atoms with van der Waals surface area (Å²) in [5.41, 5.74) is 4.34. The van der Waals surface area contributed by atoms with E-state index in [0.717, 1.165) is 0 Å². The number of hydrogen-bond donors (Lipinski definition) is 1. The second-order valence-electron chi connectivity index (χ2n) is 5.60. The van der Waals surface area contributed by atoms with E-state index in [1.54, 1.807) is 6.92 Å². The Morgan fingerprint density at radius 1 is 1.00 bits per heavy atom. The first-order chi connectivity index (χ1) is 7.16. The van der Waals surface area contributed by atoms with Crippen LogP contribution in [0.4, 0.5) is 0 Å². The molecule has 0 aromatic rings. The van der Waals surface area contributed by atoms with Gasteiger partial charge in [-0.2, -0.15) is 0 Å². The number of carboxylic acid groups (broad SMARTS) is 1. The number of hydrogen-bond acceptors (Lipinski definition) is 1. The van der Waals surface area contributed by atoms with E-state index in [4.69, 9.17) is 5.11 Å². The zero-order chi connectivity index (χ0) is 13.1. The van der Waals surface area contributed by atoms with Crippen LogP contribution in [0.5, 0.6) is 0 Å². The van der Waals surface area contributed by atoms with Crippen LogP contribution >= 0.6 is 0 Å². The second-order valence-corrected chi connectivity index (χ2v) is 11.3. The Morgan fingerprint density at radius 2 is 1.31 bits per heavy atom. The van der Waals surface area contributed by atoms with E-state index >= 15 is 0 Å². The SMILES string of the molecule is C/C(=C\[Si](C(C)C)(C(C)C)C(C)C)C(=O)O. The van der Waals surface area contributed by atoms with Gasteiger partial charge in [-0.1, -0.05) is 47.2 Å². The molecule has 0 heterocycles. The number of aliphatic carboxylic acids is 1. The maximum Gasteiger partial charge on any atom is 0.330 e. The van der Waals surface area contributed by atoms with Crippen molar-refractivity contribution in [1.29, 1.82) is 0 Å². The summed E-state index contributed by atoms with van der Waals surface area (Å²) in [7, 11) is -1.70. The smallest absolute Gasteiger partial charge is 0.330 e. The molecule has 94 valence electrons. The van der Waals surface area contributed by atoms with E-state index in [9.17, 15) is 4.79 Å². The topological polar surface area (TPSA) is 37.3 Å². The summed E-state index contributed by atoms with van der Waals surface area (Å²) in [4.78, 5) is 11.0. The lowest BCUT2D eigenvalue weighted by Crippen LogP contribution is -2.43. The third-order valence-electron chi connectivity index (χ3n) is 3.80. The van der Waals surface area contributed by atoms with Gasteiger partial charge in [-0.3, -0.25) is 0 Å². The summed E-state index contributed by atoms with van der Waals surface area (Å²) in [5, 5.41) is 9.04. The molecule has 0 aromatic heterocycles. The van der Waals surface area contributed by atoms with Crippen molar-refractivity contribution in [3.8, 4) is 0 Å². The van der Waals surface area contributed by atoms with Crippen LogP contribution in [0, 0.1) is 0 Å². The van der Waals surface area contributed by atoms with Crippen molar-refractivity contribution in [3.05, 3.63) is 11.3 Å². The molecule has 0 atom stereocenters. The first-order valence-electron chi connectivity index (χ1n) is 6.09. The average molecular weight is 242 g/mol. The minimum absolute atomic E-state index is 0.516. The molecule has 0 aromatic carbocycles. The Morgan fingerprint density at radius 3 is 1.50 bits per heavy atom. The van der Waals surface area contributed by atoms with Crippen LogP contribution in [-0.2, 0) is 4.79 Å². The van der Waals surface area contributed by atoms with E-state index in [1.165, 1.54) is 0 Å².